The van der Waals surface area contributed by atoms with Gasteiger partial charge in [-0.25, -0.2) is 0 Å². The molecule has 1 aliphatic heterocycles. The standard InChI is InChI=1S/C28H25N3O7S/c1-17-8-9-18(2)21(12-17)29-26(32)16-38-23-11-10-19(13-24(23)37-3)14-25-27(33)30(28(34)39-25)15-20-6-4-5-7-22(20)31(35)36/h4-14H,15-16H2,1-3H3,(H,29,32)/b25-14-. The van der Waals surface area contributed by atoms with Gasteiger partial charge in [-0.3, -0.25) is 29.4 Å². The van der Waals surface area contributed by atoms with E-state index in [9.17, 15) is 24.5 Å². The lowest BCUT2D eigenvalue weighted by molar-refractivity contribution is -0.385. The van der Waals surface area contributed by atoms with Crippen molar-refractivity contribution in [3.8, 4) is 11.5 Å². The Morgan fingerprint density at radius 3 is 2.59 bits per heavy atom. The van der Waals surface area contributed by atoms with Crippen molar-refractivity contribution in [2.24, 2.45) is 0 Å². The van der Waals surface area contributed by atoms with E-state index in [1.807, 2.05) is 32.0 Å². The maximum absolute atomic E-state index is 12.9. The summed E-state index contributed by atoms with van der Waals surface area (Å²) >= 11 is 0.749. The molecule has 0 bridgehead atoms. The fourth-order valence-corrected chi connectivity index (χ4v) is 4.71. The molecule has 200 valence electrons. The highest BCUT2D eigenvalue weighted by atomic mass is 32.2. The molecule has 0 atom stereocenters. The molecule has 0 saturated carbocycles. The zero-order chi connectivity index (χ0) is 28.1. The number of benzene rings is 3. The van der Waals surface area contributed by atoms with E-state index in [2.05, 4.69) is 5.32 Å². The van der Waals surface area contributed by atoms with Gasteiger partial charge in [0.2, 0.25) is 0 Å². The minimum Gasteiger partial charge on any atom is -0.493 e. The Morgan fingerprint density at radius 1 is 1.08 bits per heavy atom. The lowest BCUT2D eigenvalue weighted by Crippen LogP contribution is -2.27. The highest BCUT2D eigenvalue weighted by molar-refractivity contribution is 8.18. The van der Waals surface area contributed by atoms with E-state index in [1.54, 1.807) is 24.3 Å². The number of carbonyl (C=O) groups excluding carboxylic acids is 3. The van der Waals surface area contributed by atoms with Crippen LogP contribution in [-0.4, -0.2) is 40.6 Å². The first-order valence-corrected chi connectivity index (χ1v) is 12.6. The molecule has 1 fully saturated rings. The van der Waals surface area contributed by atoms with Gasteiger partial charge in [0.25, 0.3) is 22.7 Å². The molecule has 1 heterocycles. The number of rotatable bonds is 9. The van der Waals surface area contributed by atoms with Crippen LogP contribution in [0.2, 0.25) is 0 Å². The Bertz CT molecular complexity index is 1500. The normalized spacial score (nSPS) is 14.0. The number of methoxy groups -OCH3 is 1. The topological polar surface area (TPSA) is 128 Å². The highest BCUT2D eigenvalue weighted by Crippen LogP contribution is 2.36. The number of aryl methyl sites for hydroxylation is 2. The van der Waals surface area contributed by atoms with Crippen LogP contribution in [0.1, 0.15) is 22.3 Å². The van der Waals surface area contributed by atoms with Crippen LogP contribution in [0.25, 0.3) is 6.08 Å². The Kier molecular flexibility index (Phi) is 8.30. The van der Waals surface area contributed by atoms with Gasteiger partial charge in [-0.1, -0.05) is 36.4 Å². The van der Waals surface area contributed by atoms with Gasteiger partial charge >= 0.3 is 0 Å². The number of imide groups is 1. The first kappa shape index (κ1) is 27.4. The van der Waals surface area contributed by atoms with Crippen LogP contribution in [0.4, 0.5) is 16.2 Å². The number of nitro benzene ring substituents is 1. The van der Waals surface area contributed by atoms with Crippen LogP contribution in [0.3, 0.4) is 0 Å². The number of amides is 3. The second-order valence-electron chi connectivity index (χ2n) is 8.72. The number of para-hydroxylation sites is 1. The van der Waals surface area contributed by atoms with Gasteiger partial charge in [0.1, 0.15) is 0 Å². The lowest BCUT2D eigenvalue weighted by atomic mass is 10.1. The summed E-state index contributed by atoms with van der Waals surface area (Å²) < 4.78 is 11.1. The van der Waals surface area contributed by atoms with Crippen molar-refractivity contribution in [1.82, 2.24) is 4.90 Å². The first-order valence-electron chi connectivity index (χ1n) is 11.8. The van der Waals surface area contributed by atoms with Gasteiger partial charge in [-0.2, -0.15) is 0 Å². The second kappa shape index (κ2) is 11.8. The molecule has 0 unspecified atom stereocenters. The molecule has 1 aliphatic rings. The van der Waals surface area contributed by atoms with Crippen LogP contribution in [0.15, 0.2) is 65.6 Å². The molecule has 3 aromatic carbocycles. The number of hydrogen-bond acceptors (Lipinski definition) is 8. The van der Waals surface area contributed by atoms with Crippen molar-refractivity contribution >= 4 is 46.3 Å². The Balaban J connectivity index is 1.44. The maximum Gasteiger partial charge on any atom is 0.293 e. The van der Waals surface area contributed by atoms with Crippen molar-refractivity contribution in [2.45, 2.75) is 20.4 Å². The highest BCUT2D eigenvalue weighted by Gasteiger charge is 2.36. The van der Waals surface area contributed by atoms with Crippen molar-refractivity contribution in [3.05, 3.63) is 97.9 Å². The summed E-state index contributed by atoms with van der Waals surface area (Å²) in [5.41, 5.74) is 3.33. The predicted molar refractivity (Wildman–Crippen MR) is 148 cm³/mol. The van der Waals surface area contributed by atoms with E-state index in [4.69, 9.17) is 9.47 Å². The average Bonchev–Trinajstić information content (AvgIpc) is 3.17. The number of anilines is 1. The van der Waals surface area contributed by atoms with Crippen LogP contribution < -0.4 is 14.8 Å². The van der Waals surface area contributed by atoms with Gasteiger partial charge < -0.3 is 14.8 Å². The third-order valence-electron chi connectivity index (χ3n) is 5.90. The number of hydrogen-bond donors (Lipinski definition) is 1. The summed E-state index contributed by atoms with van der Waals surface area (Å²) in [5.74, 6) is -0.217. The molecule has 0 aromatic heterocycles. The monoisotopic (exact) mass is 547 g/mol. The van der Waals surface area contributed by atoms with Crippen LogP contribution in [0.5, 0.6) is 11.5 Å². The van der Waals surface area contributed by atoms with E-state index in [-0.39, 0.29) is 35.2 Å². The van der Waals surface area contributed by atoms with Crippen LogP contribution in [-0.2, 0) is 16.1 Å². The zero-order valence-corrected chi connectivity index (χ0v) is 22.2. The Morgan fingerprint density at radius 2 is 1.85 bits per heavy atom. The smallest absolute Gasteiger partial charge is 0.293 e. The molecule has 4 rings (SSSR count). The second-order valence-corrected chi connectivity index (χ2v) is 9.71. The van der Waals surface area contributed by atoms with Gasteiger partial charge in [0.05, 0.1) is 23.5 Å². The molecule has 11 heteroatoms. The Hall–Kier alpha value is -4.64. The van der Waals surface area contributed by atoms with E-state index >= 15 is 0 Å². The molecule has 39 heavy (non-hydrogen) atoms. The third-order valence-corrected chi connectivity index (χ3v) is 6.81. The number of nitro groups is 1. The molecule has 1 N–H and O–H groups in total. The van der Waals surface area contributed by atoms with E-state index in [0.717, 1.165) is 27.8 Å². The predicted octanol–water partition coefficient (Wildman–Crippen LogP) is 5.47. The fraction of sp³-hybridized carbons (Fsp3) is 0.179. The van der Waals surface area contributed by atoms with Crippen molar-refractivity contribution in [1.29, 1.82) is 0 Å². The van der Waals surface area contributed by atoms with Crippen molar-refractivity contribution < 1.29 is 28.8 Å². The lowest BCUT2D eigenvalue weighted by Gasteiger charge is -2.13. The number of nitrogens with zero attached hydrogens (tertiary/aromatic N) is 2. The third kappa shape index (κ3) is 6.44. The first-order chi connectivity index (χ1) is 18.7. The van der Waals surface area contributed by atoms with Gasteiger partial charge in [-0.15, -0.1) is 0 Å². The summed E-state index contributed by atoms with van der Waals surface area (Å²) in [5, 5.41) is 13.6. The van der Waals surface area contributed by atoms with Crippen LogP contribution >= 0.6 is 11.8 Å². The quantitative estimate of drug-likeness (QED) is 0.212. The number of thioether (sulfide) groups is 1. The summed E-state index contributed by atoms with van der Waals surface area (Å²) in [4.78, 5) is 49.8. The number of ether oxygens (including phenoxy) is 2. The minimum absolute atomic E-state index is 0.163. The van der Waals surface area contributed by atoms with Crippen molar-refractivity contribution in [3.63, 3.8) is 0 Å². The average molecular weight is 548 g/mol. The fourth-order valence-electron chi connectivity index (χ4n) is 3.87. The van der Waals surface area contributed by atoms with E-state index < -0.39 is 16.1 Å². The molecule has 3 aromatic rings. The zero-order valence-electron chi connectivity index (χ0n) is 21.4. The number of nitrogens with one attached hydrogen (secondary N) is 1. The van der Waals surface area contributed by atoms with Crippen LogP contribution in [0, 0.1) is 24.0 Å². The van der Waals surface area contributed by atoms with Crippen molar-refractivity contribution in [2.75, 3.05) is 19.0 Å². The molecule has 3 amide bonds. The number of carbonyl (C=O) groups is 3. The van der Waals surface area contributed by atoms with Gasteiger partial charge in [-0.05, 0) is 66.6 Å². The summed E-state index contributed by atoms with van der Waals surface area (Å²) in [7, 11) is 1.45. The molecule has 0 radical (unpaired) electrons. The molecule has 1 saturated heterocycles. The summed E-state index contributed by atoms with van der Waals surface area (Å²) in [6.45, 7) is 3.39. The summed E-state index contributed by atoms with van der Waals surface area (Å²) in [6, 6.07) is 16.6. The molecular formula is C28H25N3O7S. The van der Waals surface area contributed by atoms with E-state index in [0.29, 0.717) is 22.7 Å². The minimum atomic E-state index is -0.550. The van der Waals surface area contributed by atoms with E-state index in [1.165, 1.54) is 31.4 Å². The SMILES string of the molecule is COc1cc(/C=C2\SC(=O)N(Cc3ccccc3[N+](=O)[O-])C2=O)ccc1OCC(=O)Nc1cc(C)ccc1C. The van der Waals surface area contributed by atoms with Gasteiger partial charge in [0, 0.05) is 17.3 Å². The molecule has 0 aliphatic carbocycles. The maximum atomic E-state index is 12.9. The van der Waals surface area contributed by atoms with Gasteiger partial charge in [0.15, 0.2) is 18.1 Å². The molecular weight excluding hydrogens is 522 g/mol. The largest absolute Gasteiger partial charge is 0.493 e. The Labute approximate surface area is 228 Å². The summed E-state index contributed by atoms with van der Waals surface area (Å²) in [6.07, 6.45) is 1.53. The molecule has 0 spiro atoms. The molecule has 10 nitrogen and oxygen atoms in total.